The van der Waals surface area contributed by atoms with Gasteiger partial charge in [0.1, 0.15) is 11.5 Å². The molecule has 1 rings (SSSR count). The van der Waals surface area contributed by atoms with Crippen LogP contribution in [0.5, 0.6) is 11.5 Å². The Bertz CT molecular complexity index is 256. The van der Waals surface area contributed by atoms with Crippen LogP contribution in [0.3, 0.4) is 0 Å². The van der Waals surface area contributed by atoms with Crippen molar-refractivity contribution in [2.75, 3.05) is 7.11 Å². The molecule has 0 saturated carbocycles. The van der Waals surface area contributed by atoms with Crippen LogP contribution in [0.2, 0.25) is 0 Å². The quantitative estimate of drug-likeness (QED) is 0.816. The average molecular weight is 233 g/mol. The van der Waals surface area contributed by atoms with Crippen LogP contribution in [0, 0.1) is 0 Å². The van der Waals surface area contributed by atoms with E-state index in [0.29, 0.717) is 15.8 Å². The number of benzene rings is 1. The molecule has 3 nitrogen and oxygen atoms in total. The number of methoxy groups -OCH3 is 1. The fourth-order valence-electron chi connectivity index (χ4n) is 0.867. The molecule has 66 valence electrons. The van der Waals surface area contributed by atoms with Gasteiger partial charge in [0.2, 0.25) is 0 Å². The lowest BCUT2D eigenvalue weighted by Gasteiger charge is -2.06. The molecule has 0 bridgehead atoms. The lowest BCUT2D eigenvalue weighted by Crippen LogP contribution is -1.88. The fourth-order valence-corrected chi connectivity index (χ4v) is 1.42. The van der Waals surface area contributed by atoms with E-state index in [9.17, 15) is 5.11 Å². The second kappa shape index (κ2) is 3.78. The first-order valence-electron chi connectivity index (χ1n) is 3.35. The third kappa shape index (κ3) is 1.70. The van der Waals surface area contributed by atoms with Crippen molar-refractivity contribution in [2.45, 2.75) is 6.61 Å². The molecule has 0 aliphatic carbocycles. The molecule has 0 spiro atoms. The van der Waals surface area contributed by atoms with Crippen LogP contribution in [0.15, 0.2) is 16.6 Å². The van der Waals surface area contributed by atoms with Gasteiger partial charge in [0, 0.05) is 11.6 Å². The second-order valence-electron chi connectivity index (χ2n) is 2.27. The van der Waals surface area contributed by atoms with Gasteiger partial charge in [-0.05, 0) is 22.0 Å². The number of phenols is 1. The van der Waals surface area contributed by atoms with Crippen LogP contribution < -0.4 is 4.74 Å². The van der Waals surface area contributed by atoms with E-state index < -0.39 is 0 Å². The summed E-state index contributed by atoms with van der Waals surface area (Å²) in [6, 6.07) is 3.07. The molecule has 0 aliphatic heterocycles. The number of aliphatic hydroxyl groups excluding tert-OH is 1. The summed E-state index contributed by atoms with van der Waals surface area (Å²) < 4.78 is 5.65. The van der Waals surface area contributed by atoms with Crippen molar-refractivity contribution in [1.82, 2.24) is 0 Å². The van der Waals surface area contributed by atoms with Gasteiger partial charge >= 0.3 is 0 Å². The number of rotatable bonds is 2. The maximum Gasteiger partial charge on any atom is 0.136 e. The lowest BCUT2D eigenvalue weighted by atomic mass is 10.2. The third-order valence-corrected chi connectivity index (χ3v) is 2.14. The Balaban J connectivity index is 3.16. The number of aliphatic hydroxyl groups is 1. The Morgan fingerprint density at radius 2 is 2.17 bits per heavy atom. The summed E-state index contributed by atoms with van der Waals surface area (Å²) >= 11 is 3.24. The number of ether oxygens (including phenoxy) is 1. The molecule has 0 radical (unpaired) electrons. The maximum atomic E-state index is 9.29. The molecule has 0 unspecified atom stereocenters. The first kappa shape index (κ1) is 9.35. The molecule has 12 heavy (non-hydrogen) atoms. The highest BCUT2D eigenvalue weighted by atomic mass is 79.9. The Hall–Kier alpha value is -0.740. The SMILES string of the molecule is COc1cc(O)c(CO)cc1Br. The minimum absolute atomic E-state index is 0.0394. The zero-order chi connectivity index (χ0) is 9.14. The maximum absolute atomic E-state index is 9.29. The van der Waals surface area contributed by atoms with E-state index >= 15 is 0 Å². The van der Waals surface area contributed by atoms with Crippen molar-refractivity contribution >= 4 is 15.9 Å². The Labute approximate surface area is 78.7 Å². The molecule has 2 N–H and O–H groups in total. The first-order chi connectivity index (χ1) is 5.69. The summed E-state index contributed by atoms with van der Waals surface area (Å²) in [4.78, 5) is 0. The van der Waals surface area contributed by atoms with Crippen LogP contribution in [0.25, 0.3) is 0 Å². The van der Waals surface area contributed by atoms with Crippen LogP contribution in [-0.2, 0) is 6.61 Å². The molecule has 4 heteroatoms. The highest BCUT2D eigenvalue weighted by Gasteiger charge is 2.06. The van der Waals surface area contributed by atoms with Crippen LogP contribution >= 0.6 is 15.9 Å². The molecular formula is C8H9BrO3. The summed E-state index contributed by atoms with van der Waals surface area (Å²) in [6.45, 7) is -0.186. The van der Waals surface area contributed by atoms with Gasteiger partial charge in [-0.2, -0.15) is 0 Å². The molecule has 0 fully saturated rings. The Morgan fingerprint density at radius 1 is 1.50 bits per heavy atom. The summed E-state index contributed by atoms with van der Waals surface area (Å²) in [5, 5.41) is 18.1. The Kier molecular flexibility index (Phi) is 2.94. The van der Waals surface area contributed by atoms with E-state index in [0.717, 1.165) is 0 Å². The summed E-state index contributed by atoms with van der Waals surface area (Å²) in [5.41, 5.74) is 0.475. The van der Waals surface area contributed by atoms with Crippen molar-refractivity contribution in [1.29, 1.82) is 0 Å². The van der Waals surface area contributed by atoms with E-state index in [1.807, 2.05) is 0 Å². The van der Waals surface area contributed by atoms with E-state index in [-0.39, 0.29) is 12.4 Å². The number of halogens is 1. The predicted molar refractivity (Wildman–Crippen MR) is 48.3 cm³/mol. The van der Waals surface area contributed by atoms with Gasteiger partial charge < -0.3 is 14.9 Å². The topological polar surface area (TPSA) is 49.7 Å². The second-order valence-corrected chi connectivity index (χ2v) is 3.13. The Morgan fingerprint density at radius 3 is 2.67 bits per heavy atom. The van der Waals surface area contributed by atoms with Crippen LogP contribution in [0.4, 0.5) is 0 Å². The average Bonchev–Trinajstić information content (AvgIpc) is 2.08. The van der Waals surface area contributed by atoms with Gasteiger partial charge in [0.15, 0.2) is 0 Å². The minimum atomic E-state index is -0.186. The van der Waals surface area contributed by atoms with E-state index in [1.54, 1.807) is 6.07 Å². The number of hydrogen-bond acceptors (Lipinski definition) is 3. The monoisotopic (exact) mass is 232 g/mol. The summed E-state index contributed by atoms with van der Waals surface area (Å²) in [7, 11) is 1.51. The van der Waals surface area contributed by atoms with Crippen molar-refractivity contribution in [3.05, 3.63) is 22.2 Å². The van der Waals surface area contributed by atoms with E-state index in [2.05, 4.69) is 15.9 Å². The summed E-state index contributed by atoms with van der Waals surface area (Å²) in [5.74, 6) is 0.585. The van der Waals surface area contributed by atoms with Crippen LogP contribution in [-0.4, -0.2) is 17.3 Å². The molecular weight excluding hydrogens is 224 g/mol. The van der Waals surface area contributed by atoms with Gasteiger partial charge in [-0.3, -0.25) is 0 Å². The van der Waals surface area contributed by atoms with Crippen molar-refractivity contribution in [3.8, 4) is 11.5 Å². The highest BCUT2D eigenvalue weighted by molar-refractivity contribution is 9.10. The van der Waals surface area contributed by atoms with Crippen molar-refractivity contribution in [2.24, 2.45) is 0 Å². The molecule has 0 aliphatic rings. The zero-order valence-corrected chi connectivity index (χ0v) is 8.13. The molecule has 0 aromatic heterocycles. The van der Waals surface area contributed by atoms with Gasteiger partial charge in [0.05, 0.1) is 18.2 Å². The molecule has 0 amide bonds. The van der Waals surface area contributed by atoms with Gasteiger partial charge in [-0.1, -0.05) is 0 Å². The van der Waals surface area contributed by atoms with Crippen molar-refractivity contribution < 1.29 is 14.9 Å². The van der Waals surface area contributed by atoms with Gasteiger partial charge in [-0.15, -0.1) is 0 Å². The zero-order valence-electron chi connectivity index (χ0n) is 6.54. The lowest BCUT2D eigenvalue weighted by molar-refractivity contribution is 0.275. The van der Waals surface area contributed by atoms with Crippen molar-refractivity contribution in [3.63, 3.8) is 0 Å². The standard InChI is InChI=1S/C8H9BrO3/c1-12-8-3-7(11)5(4-10)2-6(8)9/h2-3,10-11H,4H2,1H3. The third-order valence-electron chi connectivity index (χ3n) is 1.52. The first-order valence-corrected chi connectivity index (χ1v) is 4.14. The molecule has 1 aromatic rings. The van der Waals surface area contributed by atoms with Gasteiger partial charge in [-0.25, -0.2) is 0 Å². The van der Waals surface area contributed by atoms with Gasteiger partial charge in [0.25, 0.3) is 0 Å². The number of aromatic hydroxyl groups is 1. The van der Waals surface area contributed by atoms with E-state index in [1.165, 1.54) is 13.2 Å². The number of hydrogen-bond donors (Lipinski definition) is 2. The highest BCUT2D eigenvalue weighted by Crippen LogP contribution is 2.31. The molecule has 0 atom stereocenters. The fraction of sp³-hybridized carbons (Fsp3) is 0.250. The molecule has 0 heterocycles. The normalized spacial score (nSPS) is 9.92. The summed E-state index contributed by atoms with van der Waals surface area (Å²) in [6.07, 6.45) is 0. The van der Waals surface area contributed by atoms with E-state index in [4.69, 9.17) is 9.84 Å². The smallest absolute Gasteiger partial charge is 0.136 e. The largest absolute Gasteiger partial charge is 0.507 e. The minimum Gasteiger partial charge on any atom is -0.507 e. The predicted octanol–water partition coefficient (Wildman–Crippen LogP) is 1.66. The molecule has 0 saturated heterocycles. The van der Waals surface area contributed by atoms with Crippen LogP contribution in [0.1, 0.15) is 5.56 Å². The molecule has 1 aromatic carbocycles.